The van der Waals surface area contributed by atoms with Crippen molar-refractivity contribution in [2.45, 2.75) is 70.4 Å². The lowest BCUT2D eigenvalue weighted by Gasteiger charge is -2.14. The van der Waals surface area contributed by atoms with Gasteiger partial charge in [-0.1, -0.05) is 6.92 Å². The van der Waals surface area contributed by atoms with Gasteiger partial charge in [-0.2, -0.15) is 5.10 Å². The highest BCUT2D eigenvalue weighted by molar-refractivity contribution is 5.26. The van der Waals surface area contributed by atoms with Gasteiger partial charge in [0.1, 0.15) is 0 Å². The van der Waals surface area contributed by atoms with Crippen LogP contribution in [0, 0.1) is 5.92 Å². The largest absolute Gasteiger partial charge is 0.425 e. The van der Waals surface area contributed by atoms with Gasteiger partial charge < -0.3 is 9.73 Å². The molecule has 0 unspecified atom stereocenters. The zero-order chi connectivity index (χ0) is 16.5. The Bertz CT molecular complexity index is 687. The van der Waals surface area contributed by atoms with Gasteiger partial charge in [0, 0.05) is 32.5 Å². The van der Waals surface area contributed by atoms with Crippen molar-refractivity contribution in [1.29, 1.82) is 0 Å². The van der Waals surface area contributed by atoms with Crippen molar-refractivity contribution < 1.29 is 4.42 Å². The molecule has 0 spiro atoms. The second-order valence-electron chi connectivity index (χ2n) is 7.35. The van der Waals surface area contributed by atoms with Crippen LogP contribution >= 0.6 is 0 Å². The number of hydrogen-bond acceptors (Lipinski definition) is 5. The van der Waals surface area contributed by atoms with E-state index in [0.29, 0.717) is 12.0 Å². The highest BCUT2D eigenvalue weighted by Crippen LogP contribution is 2.41. The lowest BCUT2D eigenvalue weighted by Crippen LogP contribution is -2.27. The fraction of sp³-hybridized carbons (Fsp3) is 0.722. The van der Waals surface area contributed by atoms with Crippen molar-refractivity contribution in [3.63, 3.8) is 0 Å². The summed E-state index contributed by atoms with van der Waals surface area (Å²) in [6.07, 6.45) is 10.1. The van der Waals surface area contributed by atoms with Crippen molar-refractivity contribution in [3.8, 4) is 0 Å². The first-order valence-corrected chi connectivity index (χ1v) is 9.28. The maximum atomic E-state index is 5.66. The van der Waals surface area contributed by atoms with Crippen LogP contribution < -0.4 is 5.32 Å². The van der Waals surface area contributed by atoms with E-state index in [1.54, 1.807) is 0 Å². The Kier molecular flexibility index (Phi) is 4.39. The maximum Gasteiger partial charge on any atom is 0.216 e. The minimum absolute atomic E-state index is 0.588. The van der Waals surface area contributed by atoms with E-state index in [2.05, 4.69) is 33.9 Å². The van der Waals surface area contributed by atoms with Crippen LogP contribution in [0.15, 0.2) is 10.6 Å². The van der Waals surface area contributed by atoms with Gasteiger partial charge in [0.05, 0.1) is 11.9 Å². The zero-order valence-corrected chi connectivity index (χ0v) is 14.7. The van der Waals surface area contributed by atoms with Gasteiger partial charge in [0.25, 0.3) is 0 Å². The van der Waals surface area contributed by atoms with Gasteiger partial charge >= 0.3 is 0 Å². The average molecular weight is 329 g/mol. The van der Waals surface area contributed by atoms with Crippen molar-refractivity contribution in [2.75, 3.05) is 0 Å². The summed E-state index contributed by atoms with van der Waals surface area (Å²) in [4.78, 5) is 0. The first kappa shape index (κ1) is 15.8. The number of aryl methyl sites for hydroxylation is 2. The summed E-state index contributed by atoms with van der Waals surface area (Å²) in [5, 5.41) is 16.4. The molecule has 6 nitrogen and oxygen atoms in total. The summed E-state index contributed by atoms with van der Waals surface area (Å²) in [6.45, 7) is 2.97. The highest BCUT2D eigenvalue weighted by Gasteiger charge is 2.30. The topological polar surface area (TPSA) is 68.8 Å². The lowest BCUT2D eigenvalue weighted by atomic mass is 10.0. The van der Waals surface area contributed by atoms with Crippen LogP contribution in [-0.2, 0) is 26.4 Å². The number of aromatic nitrogens is 4. The molecule has 130 valence electrons. The standard InChI is InChI=1S/C18H27N5O/c1-3-17-21-22-18(24-17)9-12-4-7-14(8-12)19-11-16-15(13-5-6-13)10-20-23(16)2/h10,12-14,19H,3-9,11H2,1-2H3/t12-,14+/m1/s1. The number of rotatable bonds is 7. The zero-order valence-electron chi connectivity index (χ0n) is 14.7. The van der Waals surface area contributed by atoms with E-state index in [0.717, 1.165) is 37.1 Å². The van der Waals surface area contributed by atoms with E-state index in [4.69, 9.17) is 4.42 Å². The molecule has 2 heterocycles. The van der Waals surface area contributed by atoms with Crippen LogP contribution in [0.5, 0.6) is 0 Å². The lowest BCUT2D eigenvalue weighted by molar-refractivity contribution is 0.402. The van der Waals surface area contributed by atoms with Crippen LogP contribution in [-0.4, -0.2) is 26.0 Å². The molecule has 2 aromatic heterocycles. The summed E-state index contributed by atoms with van der Waals surface area (Å²) in [6, 6.07) is 0.588. The first-order valence-electron chi connectivity index (χ1n) is 9.28. The number of nitrogens with one attached hydrogen (secondary N) is 1. The van der Waals surface area contributed by atoms with Gasteiger partial charge in [-0.3, -0.25) is 4.68 Å². The van der Waals surface area contributed by atoms with Crippen molar-refractivity contribution in [3.05, 3.63) is 29.2 Å². The minimum Gasteiger partial charge on any atom is -0.425 e. The molecule has 4 rings (SSSR count). The predicted molar refractivity (Wildman–Crippen MR) is 90.5 cm³/mol. The highest BCUT2D eigenvalue weighted by atomic mass is 16.4. The average Bonchev–Trinajstić information content (AvgIpc) is 3.00. The van der Waals surface area contributed by atoms with E-state index < -0.39 is 0 Å². The molecule has 2 aliphatic rings. The van der Waals surface area contributed by atoms with E-state index in [9.17, 15) is 0 Å². The Morgan fingerprint density at radius 2 is 2.04 bits per heavy atom. The predicted octanol–water partition coefficient (Wildman–Crippen LogP) is 2.74. The second kappa shape index (κ2) is 6.67. The Morgan fingerprint density at radius 3 is 2.79 bits per heavy atom. The Hall–Kier alpha value is -1.69. The van der Waals surface area contributed by atoms with Gasteiger partial charge in [0.15, 0.2) is 0 Å². The summed E-state index contributed by atoms with van der Waals surface area (Å²) >= 11 is 0. The van der Waals surface area contributed by atoms with Crippen LogP contribution in [0.2, 0.25) is 0 Å². The summed E-state index contributed by atoms with van der Waals surface area (Å²) in [5.41, 5.74) is 2.82. The molecule has 6 heteroatoms. The van der Waals surface area contributed by atoms with Crippen molar-refractivity contribution in [1.82, 2.24) is 25.3 Å². The normalized spacial score (nSPS) is 23.9. The van der Waals surface area contributed by atoms with Crippen molar-refractivity contribution >= 4 is 0 Å². The van der Waals surface area contributed by atoms with Crippen LogP contribution in [0.4, 0.5) is 0 Å². The van der Waals surface area contributed by atoms with Gasteiger partial charge in [-0.25, -0.2) is 0 Å². The van der Waals surface area contributed by atoms with Crippen LogP contribution in [0.1, 0.15) is 68.0 Å². The molecule has 24 heavy (non-hydrogen) atoms. The molecule has 0 aliphatic heterocycles. The van der Waals surface area contributed by atoms with E-state index in [1.807, 2.05) is 11.6 Å². The van der Waals surface area contributed by atoms with E-state index in [1.165, 1.54) is 43.4 Å². The number of nitrogens with zero attached hydrogens (tertiary/aromatic N) is 4. The van der Waals surface area contributed by atoms with E-state index in [-0.39, 0.29) is 0 Å². The fourth-order valence-electron chi connectivity index (χ4n) is 3.88. The third-order valence-electron chi connectivity index (χ3n) is 5.48. The molecule has 0 amide bonds. The molecule has 0 saturated heterocycles. The van der Waals surface area contributed by atoms with Gasteiger partial charge in [-0.15, -0.1) is 10.2 Å². The molecular weight excluding hydrogens is 302 g/mol. The minimum atomic E-state index is 0.588. The summed E-state index contributed by atoms with van der Waals surface area (Å²) in [7, 11) is 2.06. The molecule has 2 atom stereocenters. The van der Waals surface area contributed by atoms with Gasteiger partial charge in [0.2, 0.25) is 11.8 Å². The molecule has 2 aromatic rings. The van der Waals surface area contributed by atoms with Crippen LogP contribution in [0.3, 0.4) is 0 Å². The molecule has 2 aliphatic carbocycles. The monoisotopic (exact) mass is 329 g/mol. The second-order valence-corrected chi connectivity index (χ2v) is 7.35. The van der Waals surface area contributed by atoms with Crippen LogP contribution in [0.25, 0.3) is 0 Å². The fourth-order valence-corrected chi connectivity index (χ4v) is 3.88. The molecule has 0 radical (unpaired) electrons. The summed E-state index contributed by atoms with van der Waals surface area (Å²) in [5.74, 6) is 2.97. The third kappa shape index (κ3) is 3.38. The third-order valence-corrected chi connectivity index (χ3v) is 5.48. The Morgan fingerprint density at radius 1 is 1.21 bits per heavy atom. The quantitative estimate of drug-likeness (QED) is 0.846. The van der Waals surface area contributed by atoms with Crippen molar-refractivity contribution in [2.24, 2.45) is 13.0 Å². The molecular formula is C18H27N5O. The molecule has 2 saturated carbocycles. The maximum absolute atomic E-state index is 5.66. The van der Waals surface area contributed by atoms with E-state index >= 15 is 0 Å². The van der Waals surface area contributed by atoms with Gasteiger partial charge in [-0.05, 0) is 49.5 Å². The molecule has 2 fully saturated rings. The Balaban J connectivity index is 1.29. The summed E-state index contributed by atoms with van der Waals surface area (Å²) < 4.78 is 7.70. The molecule has 0 bridgehead atoms. The molecule has 1 N–H and O–H groups in total. The number of hydrogen-bond donors (Lipinski definition) is 1. The SMILES string of the molecule is CCc1nnc(C[C@@H]2CC[C@H](NCc3c(C4CC4)cnn3C)C2)o1. The first-order chi connectivity index (χ1) is 11.7. The smallest absolute Gasteiger partial charge is 0.216 e. The molecule has 0 aromatic carbocycles. The Labute approximate surface area is 143 Å².